The van der Waals surface area contributed by atoms with Gasteiger partial charge in [0.15, 0.2) is 0 Å². The van der Waals surface area contributed by atoms with Crippen molar-refractivity contribution in [3.05, 3.63) is 84.2 Å². The van der Waals surface area contributed by atoms with Gasteiger partial charge < -0.3 is 9.47 Å². The highest BCUT2D eigenvalue weighted by Crippen LogP contribution is 2.51. The minimum atomic E-state index is -0.744. The van der Waals surface area contributed by atoms with Gasteiger partial charge in [-0.3, -0.25) is 4.90 Å². The van der Waals surface area contributed by atoms with Gasteiger partial charge in [-0.05, 0) is 93.3 Å². The number of allylic oxidation sites excluding steroid dienone is 1. The molecular weight excluding hydrogens is 765 g/mol. The summed E-state index contributed by atoms with van der Waals surface area (Å²) in [6.07, 6.45) is 3.82. The Balaban J connectivity index is 1.38. The van der Waals surface area contributed by atoms with Gasteiger partial charge in [-0.25, -0.2) is 9.97 Å². The first-order valence-corrected chi connectivity index (χ1v) is 21.1. The highest BCUT2D eigenvalue weighted by Gasteiger charge is 2.57. The van der Waals surface area contributed by atoms with Crippen molar-refractivity contribution in [3.63, 3.8) is 0 Å². The molecule has 1 aliphatic rings. The van der Waals surface area contributed by atoms with E-state index < -0.39 is 11.1 Å². The van der Waals surface area contributed by atoms with Crippen molar-refractivity contribution in [1.29, 1.82) is 0 Å². The van der Waals surface area contributed by atoms with Gasteiger partial charge in [-0.15, -0.1) is 27.3 Å². The van der Waals surface area contributed by atoms with Crippen LogP contribution in [0.15, 0.2) is 78.6 Å². The van der Waals surface area contributed by atoms with Crippen molar-refractivity contribution in [2.24, 2.45) is 0 Å². The Labute approximate surface area is 390 Å². The van der Waals surface area contributed by atoms with Gasteiger partial charge in [0.05, 0.1) is 39.0 Å². The molecule has 1 saturated heterocycles. The number of benzene rings is 6. The maximum absolute atomic E-state index is 6.99. The van der Waals surface area contributed by atoms with Gasteiger partial charge in [-0.2, -0.15) is 0 Å². The SMILES string of the molecule is [B]c1c([B])c([B])c(-c2nc(N3/C(=C\CCC)N(c4cccc(-n5c6ccccc6c6ccccc65)c4C)C(C)(C)C3(C)C)nc3c2c([B])c([B])c2c([B])c([B])c([B])c([B])c23)c([B])c1[B]. The molecular formula is C48H34B11N5. The molecule has 0 saturated carbocycles. The van der Waals surface area contributed by atoms with E-state index in [1.807, 2.05) is 0 Å². The second-order valence-corrected chi connectivity index (χ2v) is 17.7. The molecule has 6 aromatic carbocycles. The van der Waals surface area contributed by atoms with Gasteiger partial charge in [0.1, 0.15) is 92.1 Å². The first-order valence-electron chi connectivity index (χ1n) is 21.1. The van der Waals surface area contributed by atoms with Crippen molar-refractivity contribution < 1.29 is 0 Å². The highest BCUT2D eigenvalue weighted by molar-refractivity contribution is 6.72. The van der Waals surface area contributed by atoms with Crippen LogP contribution in [0.2, 0.25) is 0 Å². The second-order valence-electron chi connectivity index (χ2n) is 17.7. The Morgan fingerprint density at radius 3 is 1.56 bits per heavy atom. The number of fused-ring (bicyclic) bond motifs is 6. The van der Waals surface area contributed by atoms with Gasteiger partial charge in [0.25, 0.3) is 0 Å². The van der Waals surface area contributed by atoms with E-state index in [0.717, 1.165) is 46.6 Å². The normalized spacial score (nSPS) is 15.4. The predicted molar refractivity (Wildman–Crippen MR) is 283 cm³/mol. The average Bonchev–Trinajstić information content (AvgIpc) is 3.68. The summed E-state index contributed by atoms with van der Waals surface area (Å²) in [6.45, 7) is 13.1. The van der Waals surface area contributed by atoms with E-state index >= 15 is 0 Å². The number of anilines is 2. The lowest BCUT2D eigenvalue weighted by molar-refractivity contribution is 0.342. The standard InChI is InChI=1S/C48H34B11N5/c1-7-8-20-28-63(25-19-13-18-24(21(25)2)62-26-16-11-9-14-22(26)23-15-10-12-17-27(23)62)47(3,4)48(5,6)64(28)46-60-44-30-29(34(50)39(55)40(56)35(30)51)33(49)38(54)32(44)45(61-46)31-36(52)41(57)43(59)42(58)37(31)53/h9-20H,7-8H2,1-6H3/b28-20-. The third-order valence-electron chi connectivity index (χ3n) is 13.8. The Morgan fingerprint density at radius 1 is 0.516 bits per heavy atom. The third kappa shape index (κ3) is 5.99. The van der Waals surface area contributed by atoms with Gasteiger partial charge in [0.2, 0.25) is 5.95 Å². The molecule has 0 aliphatic carbocycles. The van der Waals surface area contributed by atoms with E-state index in [0.29, 0.717) is 10.8 Å². The van der Waals surface area contributed by atoms with Crippen molar-refractivity contribution in [2.75, 3.05) is 9.80 Å². The first-order chi connectivity index (χ1) is 30.3. The number of aromatic nitrogens is 3. The maximum Gasteiger partial charge on any atom is 0.232 e. The number of rotatable bonds is 6. The van der Waals surface area contributed by atoms with Crippen LogP contribution in [-0.2, 0) is 0 Å². The summed E-state index contributed by atoms with van der Waals surface area (Å²) < 4.78 is 2.35. The summed E-state index contributed by atoms with van der Waals surface area (Å²) in [5, 5.41) is 3.25. The van der Waals surface area contributed by atoms with Crippen LogP contribution in [0.25, 0.3) is 60.4 Å². The molecule has 5 nitrogen and oxygen atoms in total. The van der Waals surface area contributed by atoms with Crippen LogP contribution >= 0.6 is 0 Å². The van der Waals surface area contributed by atoms with E-state index in [1.165, 1.54) is 10.8 Å². The molecule has 22 radical (unpaired) electrons. The zero-order valence-corrected chi connectivity index (χ0v) is 36.9. The topological polar surface area (TPSA) is 37.2 Å². The minimum absolute atomic E-state index is 0.0269. The quantitative estimate of drug-likeness (QED) is 0.162. The summed E-state index contributed by atoms with van der Waals surface area (Å²) in [6, 6.07) is 23.4. The van der Waals surface area contributed by atoms with Crippen LogP contribution in [0.5, 0.6) is 0 Å². The lowest BCUT2D eigenvalue weighted by Crippen LogP contribution is -2.55. The Morgan fingerprint density at radius 2 is 0.984 bits per heavy atom. The van der Waals surface area contributed by atoms with Crippen LogP contribution in [0.4, 0.5) is 11.6 Å². The first kappa shape index (κ1) is 44.0. The minimum Gasteiger partial charge on any atom is -0.320 e. The van der Waals surface area contributed by atoms with Gasteiger partial charge >= 0.3 is 0 Å². The lowest BCUT2D eigenvalue weighted by Gasteiger charge is -2.42. The average molecular weight is 800 g/mol. The molecule has 0 atom stereocenters. The molecule has 9 rings (SSSR count). The second kappa shape index (κ2) is 15.5. The van der Waals surface area contributed by atoms with Crippen LogP contribution in [-0.4, -0.2) is 112 Å². The summed E-state index contributed by atoms with van der Waals surface area (Å²) in [4.78, 5) is 15.2. The highest BCUT2D eigenvalue weighted by atomic mass is 15.5. The molecule has 0 N–H and O–H groups in total. The maximum atomic E-state index is 6.99. The van der Waals surface area contributed by atoms with E-state index in [-0.39, 0.29) is 88.2 Å². The molecule has 284 valence electrons. The molecule has 64 heavy (non-hydrogen) atoms. The molecule has 0 spiro atoms. The summed E-state index contributed by atoms with van der Waals surface area (Å²) in [7, 11) is 73.3. The Hall–Kier alpha value is -5.23. The summed E-state index contributed by atoms with van der Waals surface area (Å²) >= 11 is 0. The molecule has 0 unspecified atom stereocenters. The molecule has 3 heterocycles. The zero-order valence-electron chi connectivity index (χ0n) is 36.9. The van der Waals surface area contributed by atoms with Crippen LogP contribution in [0.1, 0.15) is 53.0 Å². The van der Waals surface area contributed by atoms with Crippen LogP contribution < -0.4 is 69.9 Å². The van der Waals surface area contributed by atoms with Gasteiger partial charge in [-0.1, -0.05) is 88.6 Å². The fraction of sp³-hybridized carbons (Fsp3) is 0.208. The number of para-hydroxylation sites is 2. The zero-order chi connectivity index (χ0) is 46.1. The number of unbranched alkanes of at least 4 members (excludes halogenated alkanes) is 1. The molecule has 16 heteroatoms. The monoisotopic (exact) mass is 801 g/mol. The van der Waals surface area contributed by atoms with Gasteiger partial charge in [0, 0.05) is 21.8 Å². The molecule has 2 aromatic heterocycles. The van der Waals surface area contributed by atoms with Crippen LogP contribution in [0, 0.1) is 6.92 Å². The Kier molecular flexibility index (Phi) is 10.6. The molecule has 0 bridgehead atoms. The Bertz CT molecular complexity index is 3270. The smallest absolute Gasteiger partial charge is 0.232 e. The number of hydrogen-bond acceptors (Lipinski definition) is 4. The molecule has 8 aromatic rings. The number of hydrogen-bond donors (Lipinski definition) is 0. The van der Waals surface area contributed by atoms with Crippen molar-refractivity contribution in [2.45, 2.75) is 65.5 Å². The van der Waals surface area contributed by atoms with Crippen molar-refractivity contribution >= 4 is 202 Å². The fourth-order valence-electron chi connectivity index (χ4n) is 9.63. The largest absolute Gasteiger partial charge is 0.320 e. The van der Waals surface area contributed by atoms with Crippen LogP contribution in [0.3, 0.4) is 0 Å². The number of nitrogens with zero attached hydrogens (tertiary/aromatic N) is 5. The predicted octanol–water partition coefficient (Wildman–Crippen LogP) is -0.887. The fourth-order valence-corrected chi connectivity index (χ4v) is 9.63. The molecule has 0 amide bonds. The summed E-state index contributed by atoms with van der Waals surface area (Å²) in [5.41, 5.74) is 5.31. The third-order valence-corrected chi connectivity index (χ3v) is 13.8. The lowest BCUT2D eigenvalue weighted by atomic mass is 9.59. The summed E-state index contributed by atoms with van der Waals surface area (Å²) in [5.74, 6) is 1.10. The van der Waals surface area contributed by atoms with Crippen molar-refractivity contribution in [3.8, 4) is 16.9 Å². The van der Waals surface area contributed by atoms with Crippen molar-refractivity contribution in [1.82, 2.24) is 14.5 Å². The van der Waals surface area contributed by atoms with E-state index in [9.17, 15) is 0 Å². The molecule has 1 aliphatic heterocycles. The van der Waals surface area contributed by atoms with E-state index in [4.69, 9.17) is 96.3 Å². The van der Waals surface area contributed by atoms with E-state index in [1.54, 1.807) is 0 Å². The molecule has 1 fully saturated rings. The van der Waals surface area contributed by atoms with E-state index in [2.05, 4.69) is 129 Å².